The van der Waals surface area contributed by atoms with Gasteiger partial charge in [0.2, 0.25) is 11.8 Å². The number of anilines is 4. The third-order valence-corrected chi connectivity index (χ3v) is 16.2. The van der Waals surface area contributed by atoms with Gasteiger partial charge in [-0.2, -0.15) is 0 Å². The minimum Gasteiger partial charge on any atom is -0.493 e. The summed E-state index contributed by atoms with van der Waals surface area (Å²) in [5, 5.41) is 9.27. The summed E-state index contributed by atoms with van der Waals surface area (Å²) in [4.78, 5) is 61.8. The van der Waals surface area contributed by atoms with Gasteiger partial charge in [0.25, 0.3) is 11.8 Å². The van der Waals surface area contributed by atoms with Crippen LogP contribution in [0.15, 0.2) is 96.0 Å². The number of nitrogens with one attached hydrogen (secondary N) is 3. The van der Waals surface area contributed by atoms with E-state index in [2.05, 4.69) is 35.9 Å². The molecule has 5 aromatic rings. The summed E-state index contributed by atoms with van der Waals surface area (Å²) in [5.41, 5.74) is 8.17. The van der Waals surface area contributed by atoms with E-state index in [1.165, 1.54) is 7.11 Å². The molecule has 9 rings (SSSR count). The highest BCUT2D eigenvalue weighted by Crippen LogP contribution is 2.44. The first kappa shape index (κ1) is 47.4. The van der Waals surface area contributed by atoms with E-state index in [1.807, 2.05) is 77.8 Å². The lowest BCUT2D eigenvalue weighted by atomic mass is 10.1. The molecule has 0 spiro atoms. The number of nitrogens with zero attached hydrogens (tertiary/aromatic N) is 3. The van der Waals surface area contributed by atoms with Crippen molar-refractivity contribution in [3.8, 4) is 23.0 Å². The van der Waals surface area contributed by atoms with E-state index in [0.29, 0.717) is 83.4 Å². The fraction of sp³-hybridized carbons (Fsp3) is 0.340. The zero-order chi connectivity index (χ0) is 48.2. The van der Waals surface area contributed by atoms with Gasteiger partial charge < -0.3 is 39.8 Å². The molecule has 16 heteroatoms. The molecular formula is C53H56N6O8S2. The summed E-state index contributed by atoms with van der Waals surface area (Å²) in [7, 11) is 8.17. The van der Waals surface area contributed by atoms with Crippen molar-refractivity contribution in [1.82, 2.24) is 5.32 Å². The molecular weight excluding hydrogens is 913 g/mol. The SMILES string of the molecule is CNC(=O)CCCSSC(C)(C)CCC(=O)Nc1cc(COc2cc3c(cc2OC)C(=O)N2c4ccccc4C[C@H]2C=N3)cc(COc2cc3c(cc2OC)C(=O)N2c4ccccc4C[C@H]2CN3)c1. The quantitative estimate of drug-likeness (QED) is 0.0567. The maximum absolute atomic E-state index is 14.1. The molecule has 0 bridgehead atoms. The van der Waals surface area contributed by atoms with Gasteiger partial charge >= 0.3 is 0 Å². The van der Waals surface area contributed by atoms with Crippen LogP contribution in [0.3, 0.4) is 0 Å². The predicted octanol–water partition coefficient (Wildman–Crippen LogP) is 9.55. The molecule has 5 aromatic carbocycles. The highest BCUT2D eigenvalue weighted by atomic mass is 33.1. The number of carbonyl (C=O) groups is 4. The third kappa shape index (κ3) is 10.4. The molecule has 69 heavy (non-hydrogen) atoms. The number of carbonyl (C=O) groups excluding carboxylic acids is 4. The Labute approximate surface area is 410 Å². The van der Waals surface area contributed by atoms with Crippen molar-refractivity contribution in [2.45, 2.75) is 82.4 Å². The van der Waals surface area contributed by atoms with Crippen LogP contribution in [0.25, 0.3) is 0 Å². The predicted molar refractivity (Wildman–Crippen MR) is 275 cm³/mol. The average Bonchev–Trinajstić information content (AvgIpc) is 3.85. The fourth-order valence-electron chi connectivity index (χ4n) is 9.22. The van der Waals surface area contributed by atoms with Gasteiger partial charge in [0.15, 0.2) is 23.0 Å². The smallest absolute Gasteiger partial charge is 0.261 e. The minimum atomic E-state index is -0.202. The van der Waals surface area contributed by atoms with Gasteiger partial charge in [0.05, 0.1) is 48.8 Å². The summed E-state index contributed by atoms with van der Waals surface area (Å²) < 4.78 is 24.4. The van der Waals surface area contributed by atoms with Gasteiger partial charge in [0, 0.05) is 78.8 Å². The zero-order valence-electron chi connectivity index (χ0n) is 39.4. The first-order valence-corrected chi connectivity index (χ1v) is 25.5. The molecule has 14 nitrogen and oxygen atoms in total. The Morgan fingerprint density at radius 1 is 0.768 bits per heavy atom. The lowest BCUT2D eigenvalue weighted by Crippen LogP contribution is -2.39. The van der Waals surface area contributed by atoms with Crippen molar-refractivity contribution >= 4 is 79.9 Å². The van der Waals surface area contributed by atoms with Crippen LogP contribution in [0, 0.1) is 0 Å². The second-order valence-corrected chi connectivity index (χ2v) is 21.2. The van der Waals surface area contributed by atoms with Gasteiger partial charge in [-0.1, -0.05) is 58.0 Å². The molecule has 4 heterocycles. The second kappa shape index (κ2) is 20.5. The number of hydrogen-bond donors (Lipinski definition) is 3. The molecule has 0 radical (unpaired) electrons. The van der Waals surface area contributed by atoms with Crippen molar-refractivity contribution in [3.05, 3.63) is 124 Å². The summed E-state index contributed by atoms with van der Waals surface area (Å²) in [6.07, 6.45) is 5.47. The number of rotatable bonds is 18. The monoisotopic (exact) mass is 968 g/mol. The Morgan fingerprint density at radius 2 is 1.41 bits per heavy atom. The fourth-order valence-corrected chi connectivity index (χ4v) is 11.9. The van der Waals surface area contributed by atoms with Gasteiger partial charge in [0.1, 0.15) is 13.2 Å². The third-order valence-electron chi connectivity index (χ3n) is 12.8. The van der Waals surface area contributed by atoms with Crippen LogP contribution in [0.4, 0.5) is 28.4 Å². The van der Waals surface area contributed by atoms with Gasteiger partial charge in [-0.05, 0) is 97.8 Å². The van der Waals surface area contributed by atoms with E-state index in [9.17, 15) is 19.2 Å². The van der Waals surface area contributed by atoms with Crippen molar-refractivity contribution in [3.63, 3.8) is 0 Å². The van der Waals surface area contributed by atoms with E-state index in [1.54, 1.807) is 58.8 Å². The second-order valence-electron chi connectivity index (χ2n) is 18.1. The Hall–Kier alpha value is -6.65. The molecule has 4 aliphatic rings. The topological polar surface area (TPSA) is 160 Å². The number of fused-ring (bicyclic) bond motifs is 8. The maximum Gasteiger partial charge on any atom is 0.261 e. The van der Waals surface area contributed by atoms with Crippen LogP contribution in [0.2, 0.25) is 0 Å². The molecule has 2 atom stereocenters. The lowest BCUT2D eigenvalue weighted by molar-refractivity contribution is -0.120. The highest BCUT2D eigenvalue weighted by Gasteiger charge is 2.39. The van der Waals surface area contributed by atoms with Crippen molar-refractivity contribution in [2.24, 2.45) is 4.99 Å². The first-order valence-electron chi connectivity index (χ1n) is 23.2. The molecule has 0 unspecified atom stereocenters. The molecule has 0 saturated carbocycles. The number of methoxy groups -OCH3 is 2. The highest BCUT2D eigenvalue weighted by molar-refractivity contribution is 8.77. The number of aliphatic imine (C=N–C) groups is 1. The summed E-state index contributed by atoms with van der Waals surface area (Å²) in [6, 6.07) is 28.4. The standard InChI is InChI=1S/C53H56N6O8S2/c1-53(2,69-68-18-10-15-49(60)54-3)17-16-50(61)57-36-20-32(30-66-47-26-41-39(24-45(47)64-4)51(62)58-37(28-55-41)22-34-11-6-8-13-43(34)58)19-33(21-36)31-67-48-27-42-40(25-46(48)65-5)52(63)59-38(29-56-42)23-35-12-7-9-14-44(35)59/h6-9,11-14,19-21,24-28,37-38,56H,10,15-18,22-23,29-31H2,1-5H3,(H,54,60)(H,57,61)/t37-,38-/m0/s1. The summed E-state index contributed by atoms with van der Waals surface area (Å²) >= 11 is 0. The molecule has 4 aliphatic heterocycles. The van der Waals surface area contributed by atoms with Crippen molar-refractivity contribution in [1.29, 1.82) is 0 Å². The van der Waals surface area contributed by atoms with E-state index >= 15 is 0 Å². The number of amides is 4. The normalized spacial score (nSPS) is 16.4. The Bertz CT molecular complexity index is 2840. The molecule has 0 fully saturated rings. The number of benzene rings is 5. The number of para-hydroxylation sites is 2. The lowest BCUT2D eigenvalue weighted by Gasteiger charge is -2.23. The van der Waals surface area contributed by atoms with Gasteiger partial charge in [-0.3, -0.25) is 29.1 Å². The minimum absolute atomic E-state index is 0.0248. The maximum atomic E-state index is 14.1. The molecule has 358 valence electrons. The Balaban J connectivity index is 0.935. The van der Waals surface area contributed by atoms with Gasteiger partial charge in [-0.15, -0.1) is 0 Å². The molecule has 4 amide bonds. The van der Waals surface area contributed by atoms with Crippen molar-refractivity contribution in [2.75, 3.05) is 54.0 Å². The van der Waals surface area contributed by atoms with Crippen LogP contribution < -0.4 is 44.7 Å². The van der Waals surface area contributed by atoms with Crippen LogP contribution in [-0.2, 0) is 35.6 Å². The van der Waals surface area contributed by atoms with Crippen LogP contribution >= 0.6 is 21.6 Å². The summed E-state index contributed by atoms with van der Waals surface area (Å²) in [6.45, 7) is 5.00. The number of ether oxygens (including phenoxy) is 4. The van der Waals surface area contributed by atoms with Crippen LogP contribution in [-0.4, -0.2) is 80.2 Å². The Morgan fingerprint density at radius 3 is 2.10 bits per heavy atom. The van der Waals surface area contributed by atoms with Crippen LogP contribution in [0.1, 0.15) is 82.5 Å². The van der Waals surface area contributed by atoms with Crippen LogP contribution in [0.5, 0.6) is 23.0 Å². The van der Waals surface area contributed by atoms with E-state index in [0.717, 1.165) is 52.2 Å². The summed E-state index contributed by atoms with van der Waals surface area (Å²) in [5.74, 6) is 2.13. The molecule has 3 N–H and O–H groups in total. The van der Waals surface area contributed by atoms with Crippen molar-refractivity contribution < 1.29 is 38.1 Å². The molecule has 0 aliphatic carbocycles. The number of hydrogen-bond acceptors (Lipinski definition) is 12. The largest absolute Gasteiger partial charge is 0.493 e. The average molecular weight is 969 g/mol. The molecule has 0 saturated heterocycles. The first-order chi connectivity index (χ1) is 33.4. The van der Waals surface area contributed by atoms with Gasteiger partial charge in [-0.25, -0.2) is 0 Å². The Kier molecular flexibility index (Phi) is 14.1. The van der Waals surface area contributed by atoms with E-state index < -0.39 is 0 Å². The zero-order valence-corrected chi connectivity index (χ0v) is 41.0. The molecule has 0 aromatic heterocycles. The van der Waals surface area contributed by atoms with E-state index in [-0.39, 0.29) is 53.7 Å². The van der Waals surface area contributed by atoms with E-state index in [4.69, 9.17) is 23.9 Å².